The molecule has 92 valence electrons. The van der Waals surface area contributed by atoms with E-state index in [-0.39, 0.29) is 6.61 Å². The van der Waals surface area contributed by atoms with Crippen LogP contribution in [0.15, 0.2) is 41.8 Å². The van der Waals surface area contributed by atoms with Gasteiger partial charge in [-0.15, -0.1) is 11.3 Å². The first kappa shape index (κ1) is 11.4. The van der Waals surface area contributed by atoms with Crippen LogP contribution in [0.4, 0.5) is 0 Å². The number of rotatable bonds is 4. The second-order valence-corrected chi connectivity index (χ2v) is 5.08. The van der Waals surface area contributed by atoms with Gasteiger partial charge in [0.05, 0.1) is 15.9 Å². The van der Waals surface area contributed by atoms with Gasteiger partial charge in [-0.25, -0.2) is 4.98 Å². The van der Waals surface area contributed by atoms with Crippen molar-refractivity contribution < 1.29 is 5.11 Å². The average molecular weight is 258 g/mol. The lowest BCUT2D eigenvalue weighted by molar-refractivity contribution is 0.281. The van der Waals surface area contributed by atoms with E-state index in [1.807, 2.05) is 24.3 Å². The van der Waals surface area contributed by atoms with Gasteiger partial charge < -0.3 is 9.67 Å². The van der Waals surface area contributed by atoms with Crippen LogP contribution in [0.1, 0.15) is 6.42 Å². The number of fused-ring (bicyclic) bond motifs is 1. The summed E-state index contributed by atoms with van der Waals surface area (Å²) < 4.78 is 2.19. The highest BCUT2D eigenvalue weighted by atomic mass is 32.1. The first-order valence-electron chi connectivity index (χ1n) is 6.00. The Hall–Kier alpha value is -1.65. The molecule has 2 aromatic heterocycles. The van der Waals surface area contributed by atoms with Crippen molar-refractivity contribution in [1.82, 2.24) is 9.55 Å². The number of aliphatic hydroxyl groups is 1. The third-order valence-corrected chi connectivity index (χ3v) is 3.80. The Bertz CT molecular complexity index is 643. The molecule has 18 heavy (non-hydrogen) atoms. The van der Waals surface area contributed by atoms with Crippen LogP contribution in [0.5, 0.6) is 0 Å². The highest BCUT2D eigenvalue weighted by molar-refractivity contribution is 7.13. The maximum atomic E-state index is 9.03. The second kappa shape index (κ2) is 4.92. The molecular weight excluding hydrogens is 244 g/mol. The number of aliphatic hydroxyl groups excluding tert-OH is 1. The molecule has 0 saturated heterocycles. The number of aromatic nitrogens is 2. The molecule has 2 heterocycles. The van der Waals surface area contributed by atoms with Gasteiger partial charge in [0.2, 0.25) is 0 Å². The Balaban J connectivity index is 2.17. The Labute approximate surface area is 109 Å². The number of aryl methyl sites for hydroxylation is 1. The monoisotopic (exact) mass is 258 g/mol. The zero-order valence-corrected chi connectivity index (χ0v) is 10.7. The van der Waals surface area contributed by atoms with E-state index >= 15 is 0 Å². The minimum atomic E-state index is 0.205. The molecule has 0 spiro atoms. The highest BCUT2D eigenvalue weighted by Gasteiger charge is 2.12. The van der Waals surface area contributed by atoms with E-state index in [4.69, 9.17) is 10.1 Å². The number of imidazole rings is 1. The van der Waals surface area contributed by atoms with Gasteiger partial charge in [0.25, 0.3) is 0 Å². The summed E-state index contributed by atoms with van der Waals surface area (Å²) in [6.45, 7) is 1.00. The maximum Gasteiger partial charge on any atom is 0.151 e. The standard InChI is InChI=1S/C14H14N2OS/c17-9-4-8-16-12-6-2-1-5-11(12)15-14(16)13-7-3-10-18-13/h1-3,5-7,10,17H,4,8-9H2. The Morgan fingerprint density at radius 2 is 2.06 bits per heavy atom. The lowest BCUT2D eigenvalue weighted by atomic mass is 10.3. The van der Waals surface area contributed by atoms with Gasteiger partial charge in [-0.05, 0) is 30.0 Å². The Morgan fingerprint density at radius 1 is 1.17 bits per heavy atom. The number of hydrogen-bond donors (Lipinski definition) is 1. The van der Waals surface area contributed by atoms with Crippen molar-refractivity contribution in [1.29, 1.82) is 0 Å². The molecule has 0 radical (unpaired) electrons. The molecule has 3 rings (SSSR count). The van der Waals surface area contributed by atoms with Crippen LogP contribution in [0.2, 0.25) is 0 Å². The fourth-order valence-electron chi connectivity index (χ4n) is 2.12. The molecule has 4 heteroatoms. The third-order valence-electron chi connectivity index (χ3n) is 2.94. The van der Waals surface area contributed by atoms with Crippen LogP contribution < -0.4 is 0 Å². The molecule has 1 N–H and O–H groups in total. The van der Waals surface area contributed by atoms with Gasteiger partial charge in [-0.2, -0.15) is 0 Å². The van der Waals surface area contributed by atoms with E-state index < -0.39 is 0 Å². The first-order chi connectivity index (χ1) is 8.90. The van der Waals surface area contributed by atoms with E-state index in [1.165, 1.54) is 4.88 Å². The predicted molar refractivity (Wildman–Crippen MR) is 74.7 cm³/mol. The molecule has 0 bridgehead atoms. The molecular formula is C14H14N2OS. The van der Waals surface area contributed by atoms with Crippen LogP contribution >= 0.6 is 11.3 Å². The minimum absolute atomic E-state index is 0.205. The van der Waals surface area contributed by atoms with Crippen LogP contribution in [-0.4, -0.2) is 21.3 Å². The number of hydrogen-bond acceptors (Lipinski definition) is 3. The van der Waals surface area contributed by atoms with E-state index in [2.05, 4.69) is 22.1 Å². The lowest BCUT2D eigenvalue weighted by Gasteiger charge is -2.06. The summed E-state index contributed by atoms with van der Waals surface area (Å²) in [6, 6.07) is 12.3. The molecule has 1 aromatic carbocycles. The largest absolute Gasteiger partial charge is 0.396 e. The van der Waals surface area contributed by atoms with Crippen molar-refractivity contribution in [2.45, 2.75) is 13.0 Å². The molecule has 0 amide bonds. The molecule has 3 nitrogen and oxygen atoms in total. The predicted octanol–water partition coefficient (Wildman–Crippen LogP) is 3.15. The number of benzene rings is 1. The quantitative estimate of drug-likeness (QED) is 0.780. The van der Waals surface area contributed by atoms with Crippen molar-refractivity contribution in [3.8, 4) is 10.7 Å². The molecule has 0 aliphatic rings. The molecule has 3 aromatic rings. The normalized spacial score (nSPS) is 11.2. The van der Waals surface area contributed by atoms with Crippen LogP contribution in [-0.2, 0) is 6.54 Å². The zero-order valence-electron chi connectivity index (χ0n) is 9.91. The zero-order chi connectivity index (χ0) is 12.4. The summed E-state index contributed by atoms with van der Waals surface area (Å²) in [4.78, 5) is 5.87. The SMILES string of the molecule is OCCCn1c(-c2cccs2)nc2ccccc21. The fourth-order valence-corrected chi connectivity index (χ4v) is 2.85. The molecule has 0 aliphatic heterocycles. The van der Waals surface area contributed by atoms with Gasteiger partial charge in [-0.1, -0.05) is 18.2 Å². The lowest BCUT2D eigenvalue weighted by Crippen LogP contribution is -2.01. The molecule has 0 atom stereocenters. The minimum Gasteiger partial charge on any atom is -0.396 e. The van der Waals surface area contributed by atoms with Gasteiger partial charge in [0.1, 0.15) is 0 Å². The second-order valence-electron chi connectivity index (χ2n) is 4.13. The molecule has 0 unspecified atom stereocenters. The summed E-state index contributed by atoms with van der Waals surface area (Å²) >= 11 is 1.69. The number of para-hydroxylation sites is 2. The van der Waals surface area contributed by atoms with Crippen LogP contribution in [0, 0.1) is 0 Å². The summed E-state index contributed by atoms with van der Waals surface area (Å²) in [7, 11) is 0. The van der Waals surface area contributed by atoms with Crippen molar-refractivity contribution >= 4 is 22.4 Å². The first-order valence-corrected chi connectivity index (χ1v) is 6.88. The van der Waals surface area contributed by atoms with Crippen LogP contribution in [0.3, 0.4) is 0 Å². The van der Waals surface area contributed by atoms with Crippen molar-refractivity contribution in [3.05, 3.63) is 41.8 Å². The Morgan fingerprint density at radius 3 is 2.83 bits per heavy atom. The average Bonchev–Trinajstić information content (AvgIpc) is 3.03. The third kappa shape index (κ3) is 1.94. The smallest absolute Gasteiger partial charge is 0.151 e. The van der Waals surface area contributed by atoms with Crippen LogP contribution in [0.25, 0.3) is 21.7 Å². The van der Waals surface area contributed by atoms with Crippen molar-refractivity contribution in [2.24, 2.45) is 0 Å². The molecule has 0 aliphatic carbocycles. The van der Waals surface area contributed by atoms with E-state index in [0.29, 0.717) is 0 Å². The van der Waals surface area contributed by atoms with E-state index in [1.54, 1.807) is 11.3 Å². The summed E-state index contributed by atoms with van der Waals surface area (Å²) in [6.07, 6.45) is 0.749. The molecule has 0 fully saturated rings. The molecule has 0 saturated carbocycles. The summed E-state index contributed by atoms with van der Waals surface area (Å²) in [5, 5.41) is 11.1. The Kier molecular flexibility index (Phi) is 3.13. The van der Waals surface area contributed by atoms with E-state index in [0.717, 1.165) is 29.8 Å². The summed E-state index contributed by atoms with van der Waals surface area (Å²) in [5.41, 5.74) is 2.15. The van der Waals surface area contributed by atoms with Gasteiger partial charge in [-0.3, -0.25) is 0 Å². The van der Waals surface area contributed by atoms with Crippen molar-refractivity contribution in [2.75, 3.05) is 6.61 Å². The van der Waals surface area contributed by atoms with Gasteiger partial charge >= 0.3 is 0 Å². The number of nitrogens with zero attached hydrogens (tertiary/aromatic N) is 2. The topological polar surface area (TPSA) is 38.0 Å². The highest BCUT2D eigenvalue weighted by Crippen LogP contribution is 2.28. The van der Waals surface area contributed by atoms with E-state index in [9.17, 15) is 0 Å². The van der Waals surface area contributed by atoms with Gasteiger partial charge in [0, 0.05) is 13.2 Å². The summed E-state index contributed by atoms with van der Waals surface area (Å²) in [5.74, 6) is 1.000. The fraction of sp³-hybridized carbons (Fsp3) is 0.214. The number of thiophene rings is 1. The van der Waals surface area contributed by atoms with Crippen molar-refractivity contribution in [3.63, 3.8) is 0 Å². The van der Waals surface area contributed by atoms with Gasteiger partial charge in [0.15, 0.2) is 5.82 Å². The maximum absolute atomic E-state index is 9.03.